The first-order valence-electron chi connectivity index (χ1n) is 3.75. The molecule has 0 atom stereocenters. The van der Waals surface area contributed by atoms with E-state index in [-0.39, 0.29) is 0 Å². The van der Waals surface area contributed by atoms with E-state index < -0.39 is 0 Å². The zero-order valence-corrected chi connectivity index (χ0v) is 5.97. The van der Waals surface area contributed by atoms with E-state index in [2.05, 4.69) is 15.5 Å². The van der Waals surface area contributed by atoms with Crippen molar-refractivity contribution in [3.63, 3.8) is 0 Å². The lowest BCUT2D eigenvalue weighted by Crippen LogP contribution is -2.47. The Labute approximate surface area is 60.5 Å². The second-order valence-corrected chi connectivity index (χ2v) is 2.66. The summed E-state index contributed by atoms with van der Waals surface area (Å²) >= 11 is 0. The van der Waals surface area contributed by atoms with Gasteiger partial charge in [-0.05, 0) is 0 Å². The van der Waals surface area contributed by atoms with E-state index in [1.165, 1.54) is 0 Å². The molecule has 0 saturated carbocycles. The average Bonchev–Trinajstić information content (AvgIpc) is 2.59. The first kappa shape index (κ1) is 6.54. The monoisotopic (exact) mass is 143 g/mol. The normalized spacial score (nSPS) is 30.0. The molecule has 0 aromatic heterocycles. The minimum absolute atomic E-state index is 0.363. The Morgan fingerprint density at radius 1 is 1.30 bits per heavy atom. The molecule has 0 amide bonds. The molecule has 0 unspecified atom stereocenters. The summed E-state index contributed by atoms with van der Waals surface area (Å²) in [6.07, 6.45) is 0.363. The molecule has 4 nitrogen and oxygen atoms in total. The van der Waals surface area contributed by atoms with Crippen LogP contribution in [0, 0.1) is 0 Å². The predicted molar refractivity (Wildman–Crippen MR) is 37.3 cm³/mol. The largest absolute Gasteiger partial charge is 0.365 e. The summed E-state index contributed by atoms with van der Waals surface area (Å²) in [4.78, 5) is 2.26. The van der Waals surface area contributed by atoms with E-state index in [0.717, 1.165) is 33.0 Å². The van der Waals surface area contributed by atoms with Gasteiger partial charge in [0.2, 0.25) is 0 Å². The molecule has 2 fully saturated rings. The third-order valence-corrected chi connectivity index (χ3v) is 1.95. The maximum atomic E-state index is 5.22. The van der Waals surface area contributed by atoms with Gasteiger partial charge >= 0.3 is 0 Å². The van der Waals surface area contributed by atoms with Crippen LogP contribution in [0.3, 0.4) is 0 Å². The number of hydrogen-bond acceptors (Lipinski definition) is 4. The number of ether oxygens (including phenoxy) is 1. The van der Waals surface area contributed by atoms with Gasteiger partial charge in [0.15, 0.2) is 0 Å². The van der Waals surface area contributed by atoms with Gasteiger partial charge in [0.05, 0.1) is 6.61 Å². The molecule has 0 bridgehead atoms. The van der Waals surface area contributed by atoms with Gasteiger partial charge in [-0.25, -0.2) is 0 Å². The molecule has 2 saturated heterocycles. The molecule has 0 spiro atoms. The van der Waals surface area contributed by atoms with Crippen LogP contribution in [0.25, 0.3) is 0 Å². The molecule has 2 aliphatic rings. The SMILES string of the molecule is C1CNC(N2CCOC2)N1. The van der Waals surface area contributed by atoms with Crippen molar-refractivity contribution in [3.05, 3.63) is 0 Å². The lowest BCUT2D eigenvalue weighted by Gasteiger charge is -2.21. The number of nitrogens with one attached hydrogen (secondary N) is 2. The van der Waals surface area contributed by atoms with E-state index >= 15 is 0 Å². The molecular formula is C6H13N3O. The Kier molecular flexibility index (Phi) is 1.86. The Hall–Kier alpha value is -0.160. The fourth-order valence-corrected chi connectivity index (χ4v) is 1.38. The molecule has 0 aromatic carbocycles. The first-order chi connectivity index (χ1) is 4.97. The fourth-order valence-electron chi connectivity index (χ4n) is 1.38. The number of nitrogens with zero attached hydrogens (tertiary/aromatic N) is 1. The third-order valence-electron chi connectivity index (χ3n) is 1.95. The van der Waals surface area contributed by atoms with Crippen molar-refractivity contribution in [2.75, 3.05) is 33.0 Å². The van der Waals surface area contributed by atoms with Gasteiger partial charge in [-0.3, -0.25) is 15.5 Å². The van der Waals surface area contributed by atoms with Gasteiger partial charge in [-0.1, -0.05) is 0 Å². The molecule has 2 aliphatic heterocycles. The highest BCUT2D eigenvalue weighted by molar-refractivity contribution is 4.74. The van der Waals surface area contributed by atoms with Crippen LogP contribution in [-0.2, 0) is 4.74 Å². The van der Waals surface area contributed by atoms with Crippen molar-refractivity contribution < 1.29 is 4.74 Å². The lowest BCUT2D eigenvalue weighted by atomic mass is 10.6. The van der Waals surface area contributed by atoms with Gasteiger partial charge in [0.25, 0.3) is 0 Å². The minimum Gasteiger partial charge on any atom is -0.365 e. The Morgan fingerprint density at radius 3 is 2.70 bits per heavy atom. The Bertz CT molecular complexity index is 93.6. The summed E-state index contributed by atoms with van der Waals surface area (Å²) in [7, 11) is 0. The summed E-state index contributed by atoms with van der Waals surface area (Å²) in [6.45, 7) is 4.83. The molecule has 4 heteroatoms. The van der Waals surface area contributed by atoms with Crippen molar-refractivity contribution in [1.82, 2.24) is 15.5 Å². The van der Waals surface area contributed by atoms with Crippen molar-refractivity contribution in [3.8, 4) is 0 Å². The predicted octanol–water partition coefficient (Wildman–Crippen LogP) is -1.25. The first-order valence-corrected chi connectivity index (χ1v) is 3.75. The number of hydrogen-bond donors (Lipinski definition) is 2. The second kappa shape index (κ2) is 2.84. The van der Waals surface area contributed by atoms with Crippen molar-refractivity contribution in [2.45, 2.75) is 6.29 Å². The van der Waals surface area contributed by atoms with E-state index in [1.807, 2.05) is 0 Å². The van der Waals surface area contributed by atoms with Gasteiger partial charge in [0, 0.05) is 19.6 Å². The van der Waals surface area contributed by atoms with Crippen LogP contribution in [0.15, 0.2) is 0 Å². The number of rotatable bonds is 1. The fraction of sp³-hybridized carbons (Fsp3) is 1.00. The topological polar surface area (TPSA) is 36.5 Å². The van der Waals surface area contributed by atoms with Crippen LogP contribution in [0.4, 0.5) is 0 Å². The summed E-state index contributed by atoms with van der Waals surface area (Å²) in [5, 5.41) is 6.67. The average molecular weight is 143 g/mol. The molecular weight excluding hydrogens is 130 g/mol. The van der Waals surface area contributed by atoms with Crippen LogP contribution >= 0.6 is 0 Å². The van der Waals surface area contributed by atoms with Crippen LogP contribution in [-0.4, -0.2) is 44.2 Å². The van der Waals surface area contributed by atoms with Gasteiger partial charge in [-0.2, -0.15) is 0 Å². The van der Waals surface area contributed by atoms with Crippen molar-refractivity contribution >= 4 is 0 Å². The second-order valence-electron chi connectivity index (χ2n) is 2.66. The van der Waals surface area contributed by atoms with E-state index in [9.17, 15) is 0 Å². The third kappa shape index (κ3) is 1.15. The van der Waals surface area contributed by atoms with Crippen LogP contribution in [0.1, 0.15) is 0 Å². The Morgan fingerprint density at radius 2 is 2.10 bits per heavy atom. The maximum absolute atomic E-state index is 5.22. The van der Waals surface area contributed by atoms with E-state index in [0.29, 0.717) is 6.29 Å². The molecule has 10 heavy (non-hydrogen) atoms. The van der Waals surface area contributed by atoms with Crippen LogP contribution < -0.4 is 10.6 Å². The molecule has 2 N–H and O–H groups in total. The van der Waals surface area contributed by atoms with Crippen molar-refractivity contribution in [2.24, 2.45) is 0 Å². The van der Waals surface area contributed by atoms with Gasteiger partial charge < -0.3 is 4.74 Å². The molecule has 0 radical (unpaired) electrons. The van der Waals surface area contributed by atoms with E-state index in [1.54, 1.807) is 0 Å². The lowest BCUT2D eigenvalue weighted by molar-refractivity contribution is 0.101. The highest BCUT2D eigenvalue weighted by Crippen LogP contribution is 2.02. The molecule has 2 rings (SSSR count). The highest BCUT2D eigenvalue weighted by atomic mass is 16.5. The molecule has 0 aromatic rings. The molecule has 0 aliphatic carbocycles. The van der Waals surface area contributed by atoms with Gasteiger partial charge in [0.1, 0.15) is 13.0 Å². The summed E-state index contributed by atoms with van der Waals surface area (Å²) < 4.78 is 5.22. The standard InChI is InChI=1S/C6H13N3O/c1-2-8-6(7-1)9-3-4-10-5-9/h6-8H,1-5H2. The van der Waals surface area contributed by atoms with Crippen molar-refractivity contribution in [1.29, 1.82) is 0 Å². The van der Waals surface area contributed by atoms with Crippen LogP contribution in [0.2, 0.25) is 0 Å². The molecule has 2 heterocycles. The summed E-state index contributed by atoms with van der Waals surface area (Å²) in [6, 6.07) is 0. The zero-order chi connectivity index (χ0) is 6.81. The van der Waals surface area contributed by atoms with E-state index in [4.69, 9.17) is 4.74 Å². The minimum atomic E-state index is 0.363. The zero-order valence-electron chi connectivity index (χ0n) is 5.97. The van der Waals surface area contributed by atoms with Gasteiger partial charge in [-0.15, -0.1) is 0 Å². The quantitative estimate of drug-likeness (QED) is 0.481. The summed E-state index contributed by atoms with van der Waals surface area (Å²) in [5.74, 6) is 0. The van der Waals surface area contributed by atoms with Crippen LogP contribution in [0.5, 0.6) is 0 Å². The Balaban J connectivity index is 1.85. The molecule has 58 valence electrons. The smallest absolute Gasteiger partial charge is 0.116 e. The maximum Gasteiger partial charge on any atom is 0.116 e. The highest BCUT2D eigenvalue weighted by Gasteiger charge is 2.23. The summed E-state index contributed by atoms with van der Waals surface area (Å²) in [5.41, 5.74) is 0.